The van der Waals surface area contributed by atoms with Crippen molar-refractivity contribution in [1.82, 2.24) is 14.5 Å². The first kappa shape index (κ1) is 27.6. The van der Waals surface area contributed by atoms with E-state index in [1.54, 1.807) is 22.5 Å². The Kier molecular flexibility index (Phi) is 7.94. The molecule has 206 valence electrons. The highest BCUT2D eigenvalue weighted by Gasteiger charge is 2.42. The van der Waals surface area contributed by atoms with Crippen LogP contribution >= 0.6 is 15.9 Å². The highest BCUT2D eigenvalue weighted by Crippen LogP contribution is 2.53. The van der Waals surface area contributed by atoms with Gasteiger partial charge in [0.2, 0.25) is 10.0 Å². The molecule has 1 saturated heterocycles. The minimum atomic E-state index is -3.46. The van der Waals surface area contributed by atoms with Crippen molar-refractivity contribution < 1.29 is 18.6 Å². The third-order valence-electron chi connectivity index (χ3n) is 7.78. The normalized spacial score (nSPS) is 21.6. The van der Waals surface area contributed by atoms with Gasteiger partial charge in [-0.3, -0.25) is 0 Å². The zero-order valence-corrected chi connectivity index (χ0v) is 24.4. The molecule has 0 spiro atoms. The summed E-state index contributed by atoms with van der Waals surface area (Å²) in [6.07, 6.45) is 6.40. The van der Waals surface area contributed by atoms with E-state index in [2.05, 4.69) is 38.8 Å². The first-order valence-corrected chi connectivity index (χ1v) is 15.6. The number of fused-ring (bicyclic) bond motifs is 1. The Morgan fingerprint density at radius 2 is 1.90 bits per heavy atom. The molecule has 5 rings (SSSR count). The van der Waals surface area contributed by atoms with Crippen LogP contribution in [0.4, 0.5) is 0 Å². The summed E-state index contributed by atoms with van der Waals surface area (Å²) in [6.45, 7) is 5.62. The second-order valence-corrected chi connectivity index (χ2v) is 13.2. The Hall–Kier alpha value is -3.01. The molecule has 2 aromatic carbocycles. The van der Waals surface area contributed by atoms with Crippen LogP contribution in [0, 0.1) is 11.8 Å². The lowest BCUT2D eigenvalue weighted by atomic mass is 9.98. The zero-order valence-electron chi connectivity index (χ0n) is 22.0. The van der Waals surface area contributed by atoms with Crippen LogP contribution in [-0.4, -0.2) is 54.5 Å². The molecule has 2 aliphatic heterocycles. The van der Waals surface area contributed by atoms with Gasteiger partial charge in [0.05, 0.1) is 5.75 Å². The van der Waals surface area contributed by atoms with Gasteiger partial charge in [-0.2, -0.15) is 0 Å². The van der Waals surface area contributed by atoms with Gasteiger partial charge in [-0.1, -0.05) is 48.6 Å². The topological polar surface area (TPSA) is 93.1 Å². The van der Waals surface area contributed by atoms with E-state index in [0.717, 1.165) is 46.4 Å². The number of sulfonamides is 1. The Morgan fingerprint density at radius 3 is 2.59 bits per heavy atom. The fourth-order valence-corrected chi connectivity index (χ4v) is 7.64. The van der Waals surface area contributed by atoms with Crippen LogP contribution in [0.15, 0.2) is 88.8 Å². The molecule has 0 bridgehead atoms. The molecule has 1 unspecified atom stereocenters. The largest absolute Gasteiger partial charge is 0.508 e. The quantitative estimate of drug-likeness (QED) is 0.376. The van der Waals surface area contributed by atoms with Crippen LogP contribution in [-0.2, 0) is 15.8 Å². The fourth-order valence-electron chi connectivity index (χ4n) is 5.55. The van der Waals surface area contributed by atoms with Crippen LogP contribution in [0.2, 0.25) is 0 Å². The Labute approximate surface area is 239 Å². The van der Waals surface area contributed by atoms with Gasteiger partial charge in [0.15, 0.2) is 0 Å². The van der Waals surface area contributed by atoms with E-state index in [0.29, 0.717) is 31.1 Å². The maximum atomic E-state index is 13.0. The SMILES string of the molecule is C=C/C(Br)=C1/C2CC2=C(c2ccccc2O)C=C(NCC2CCN(S(=O)(=O)Cc3cccc(O)c3)CC2)N1C. The van der Waals surface area contributed by atoms with Gasteiger partial charge in [0.25, 0.3) is 0 Å². The molecule has 2 fully saturated rings. The van der Waals surface area contributed by atoms with E-state index in [-0.39, 0.29) is 23.2 Å². The Bertz CT molecular complexity index is 1470. The van der Waals surface area contributed by atoms with Gasteiger partial charge < -0.3 is 20.4 Å². The maximum Gasteiger partial charge on any atom is 0.218 e. The van der Waals surface area contributed by atoms with Gasteiger partial charge in [0.1, 0.15) is 17.3 Å². The molecular formula is C30H34BrN3O4S. The van der Waals surface area contributed by atoms with E-state index in [1.165, 1.54) is 17.7 Å². The molecule has 3 N–H and O–H groups in total. The van der Waals surface area contributed by atoms with Crippen LogP contribution in [0.5, 0.6) is 11.5 Å². The summed E-state index contributed by atoms with van der Waals surface area (Å²) >= 11 is 3.70. The number of nitrogens with one attached hydrogen (secondary N) is 1. The third-order valence-corrected chi connectivity index (χ3v) is 10.4. The molecule has 0 amide bonds. The van der Waals surface area contributed by atoms with Crippen molar-refractivity contribution >= 4 is 31.5 Å². The summed E-state index contributed by atoms with van der Waals surface area (Å²) in [5.74, 6) is 1.73. The average molecular weight is 613 g/mol. The number of nitrogens with zero attached hydrogens (tertiary/aromatic N) is 2. The standard InChI is InChI=1S/C30H34BrN3O4S/c1-3-27(31)30-26-16-24(26)25(23-9-4-5-10-28(23)36)17-29(33(30)2)32-18-20-11-13-34(14-12-20)39(37,38)19-21-7-6-8-22(35)15-21/h3-10,15,17,20,26,32,35-36H,1,11-14,16,18-19H2,2H3/b30-27+. The fraction of sp³-hybridized carbons (Fsp3) is 0.333. The lowest BCUT2D eigenvalue weighted by Crippen LogP contribution is -2.42. The minimum absolute atomic E-state index is 0.0713. The average Bonchev–Trinajstić information content (AvgIpc) is 3.70. The summed E-state index contributed by atoms with van der Waals surface area (Å²) in [4.78, 5) is 2.16. The molecule has 0 radical (unpaired) electrons. The second kappa shape index (κ2) is 11.2. The number of piperidine rings is 1. The molecule has 1 atom stereocenters. The van der Waals surface area contributed by atoms with Crippen molar-refractivity contribution in [2.75, 3.05) is 26.7 Å². The number of aromatic hydroxyl groups is 2. The summed E-state index contributed by atoms with van der Waals surface area (Å²) in [6, 6.07) is 13.9. The van der Waals surface area contributed by atoms with Gasteiger partial charge in [0, 0.05) is 48.3 Å². The number of rotatable bonds is 8. The molecule has 0 aromatic heterocycles. The van der Waals surface area contributed by atoms with Crippen molar-refractivity contribution in [3.05, 3.63) is 100.0 Å². The van der Waals surface area contributed by atoms with Crippen molar-refractivity contribution in [3.8, 4) is 11.5 Å². The second-order valence-electron chi connectivity index (χ2n) is 10.4. The van der Waals surface area contributed by atoms with Crippen molar-refractivity contribution in [2.24, 2.45) is 11.8 Å². The maximum absolute atomic E-state index is 13.0. The zero-order chi connectivity index (χ0) is 27.7. The lowest BCUT2D eigenvalue weighted by molar-refractivity contribution is 0.266. The van der Waals surface area contributed by atoms with Crippen LogP contribution in [0.3, 0.4) is 0 Å². The molecule has 1 aliphatic carbocycles. The van der Waals surface area contributed by atoms with Crippen LogP contribution in [0.25, 0.3) is 5.57 Å². The van der Waals surface area contributed by atoms with E-state index >= 15 is 0 Å². The van der Waals surface area contributed by atoms with Gasteiger partial charge in [-0.25, -0.2) is 12.7 Å². The molecule has 39 heavy (non-hydrogen) atoms. The van der Waals surface area contributed by atoms with Crippen molar-refractivity contribution in [2.45, 2.75) is 25.0 Å². The molecular weight excluding hydrogens is 578 g/mol. The summed E-state index contributed by atoms with van der Waals surface area (Å²) in [7, 11) is -1.42. The molecule has 3 aliphatic rings. The Balaban J connectivity index is 1.29. The predicted molar refractivity (Wildman–Crippen MR) is 158 cm³/mol. The molecule has 9 heteroatoms. The van der Waals surface area contributed by atoms with E-state index in [9.17, 15) is 18.6 Å². The van der Waals surface area contributed by atoms with Crippen molar-refractivity contribution in [3.63, 3.8) is 0 Å². The first-order valence-electron chi connectivity index (χ1n) is 13.2. The third kappa shape index (κ3) is 5.95. The number of benzene rings is 2. The van der Waals surface area contributed by atoms with E-state index < -0.39 is 10.0 Å². The van der Waals surface area contributed by atoms with Crippen LogP contribution < -0.4 is 5.32 Å². The molecule has 2 aromatic rings. The predicted octanol–water partition coefficient (Wildman–Crippen LogP) is 5.28. The van der Waals surface area contributed by atoms with E-state index in [1.807, 2.05) is 31.3 Å². The summed E-state index contributed by atoms with van der Waals surface area (Å²) in [5, 5.41) is 23.9. The Morgan fingerprint density at radius 1 is 1.15 bits per heavy atom. The van der Waals surface area contributed by atoms with E-state index in [4.69, 9.17) is 0 Å². The highest BCUT2D eigenvalue weighted by molar-refractivity contribution is 9.11. The van der Waals surface area contributed by atoms with Gasteiger partial charge >= 0.3 is 0 Å². The van der Waals surface area contributed by atoms with Crippen LogP contribution in [0.1, 0.15) is 30.4 Å². The summed E-state index contributed by atoms with van der Waals surface area (Å²) < 4.78 is 28.5. The smallest absolute Gasteiger partial charge is 0.218 e. The van der Waals surface area contributed by atoms with Gasteiger partial charge in [-0.15, -0.1) is 0 Å². The minimum Gasteiger partial charge on any atom is -0.508 e. The highest BCUT2D eigenvalue weighted by atomic mass is 79.9. The molecule has 7 nitrogen and oxygen atoms in total. The van der Waals surface area contributed by atoms with Crippen molar-refractivity contribution in [1.29, 1.82) is 0 Å². The number of phenolic OH excluding ortho intramolecular Hbond substituents is 2. The number of hydrogen-bond acceptors (Lipinski definition) is 6. The number of para-hydroxylation sites is 1. The number of phenols is 2. The number of allylic oxidation sites excluding steroid dienone is 5. The molecule has 2 heterocycles. The summed E-state index contributed by atoms with van der Waals surface area (Å²) in [5.41, 5.74) is 4.88. The number of hydrogen-bond donors (Lipinski definition) is 3. The van der Waals surface area contributed by atoms with Gasteiger partial charge in [-0.05, 0) is 76.5 Å². The molecule has 1 saturated carbocycles. The lowest BCUT2D eigenvalue weighted by Gasteiger charge is -2.33. The monoisotopic (exact) mass is 611 g/mol. The number of halogens is 1. The first-order chi connectivity index (χ1) is 18.7.